The van der Waals surface area contributed by atoms with Crippen molar-refractivity contribution in [1.82, 2.24) is 5.32 Å². The van der Waals surface area contributed by atoms with E-state index >= 15 is 0 Å². The number of alkyl halides is 3. The highest BCUT2D eigenvalue weighted by Gasteiger charge is 2.30. The first kappa shape index (κ1) is 13.8. The molecule has 0 aliphatic carbocycles. The van der Waals surface area contributed by atoms with E-state index in [4.69, 9.17) is 0 Å². The van der Waals surface area contributed by atoms with Gasteiger partial charge in [0.2, 0.25) is 0 Å². The first-order valence-electron chi connectivity index (χ1n) is 5.33. The van der Waals surface area contributed by atoms with Crippen LogP contribution < -0.4 is 5.32 Å². The van der Waals surface area contributed by atoms with E-state index in [1.807, 2.05) is 6.92 Å². The fourth-order valence-corrected chi connectivity index (χ4v) is 1.63. The van der Waals surface area contributed by atoms with Crippen molar-refractivity contribution in [3.05, 3.63) is 47.5 Å². The number of rotatable bonds is 4. The lowest BCUT2D eigenvalue weighted by Gasteiger charge is -2.17. The molecule has 1 N–H and O–H groups in total. The minimum atomic E-state index is -4.28. The van der Waals surface area contributed by atoms with Crippen LogP contribution in [0.2, 0.25) is 0 Å². The van der Waals surface area contributed by atoms with Gasteiger partial charge in [0.1, 0.15) is 0 Å². The van der Waals surface area contributed by atoms with Crippen LogP contribution in [0.3, 0.4) is 0 Å². The summed E-state index contributed by atoms with van der Waals surface area (Å²) in [5.74, 6) is 0. The topological polar surface area (TPSA) is 12.0 Å². The van der Waals surface area contributed by atoms with E-state index in [2.05, 4.69) is 11.9 Å². The van der Waals surface area contributed by atoms with Crippen molar-refractivity contribution < 1.29 is 13.2 Å². The molecule has 0 amide bonds. The standard InChI is InChI=1S/C13H16F3N/c1-9(2)12(17-3)8-10-5-4-6-11(7-10)13(14,15)16/h4-7,12,17H,1,8H2,2-3H3. The summed E-state index contributed by atoms with van der Waals surface area (Å²) in [5.41, 5.74) is 0.957. The summed E-state index contributed by atoms with van der Waals surface area (Å²) >= 11 is 0. The van der Waals surface area contributed by atoms with E-state index in [1.165, 1.54) is 12.1 Å². The third-order valence-corrected chi connectivity index (χ3v) is 2.64. The van der Waals surface area contributed by atoms with E-state index in [1.54, 1.807) is 13.1 Å². The van der Waals surface area contributed by atoms with Crippen LogP contribution in [0, 0.1) is 0 Å². The normalized spacial score (nSPS) is 13.5. The zero-order chi connectivity index (χ0) is 13.1. The Labute approximate surface area is 99.3 Å². The monoisotopic (exact) mass is 243 g/mol. The Hall–Kier alpha value is -1.29. The van der Waals surface area contributed by atoms with Crippen molar-refractivity contribution in [2.75, 3.05) is 7.05 Å². The Morgan fingerprint density at radius 3 is 2.53 bits per heavy atom. The van der Waals surface area contributed by atoms with Gasteiger partial charge in [0.25, 0.3) is 0 Å². The first-order chi connectivity index (χ1) is 7.84. The van der Waals surface area contributed by atoms with Gasteiger partial charge in [0.15, 0.2) is 0 Å². The molecule has 1 aromatic rings. The van der Waals surface area contributed by atoms with Crippen molar-refractivity contribution in [3.63, 3.8) is 0 Å². The minimum Gasteiger partial charge on any atom is -0.313 e. The van der Waals surface area contributed by atoms with Gasteiger partial charge in [0.05, 0.1) is 5.56 Å². The van der Waals surface area contributed by atoms with Crippen LogP contribution in [0.1, 0.15) is 18.1 Å². The summed E-state index contributed by atoms with van der Waals surface area (Å²) in [6.45, 7) is 5.66. The molecule has 1 atom stereocenters. The van der Waals surface area contributed by atoms with Gasteiger partial charge in [-0.05, 0) is 32.0 Å². The van der Waals surface area contributed by atoms with E-state index in [0.717, 1.165) is 11.6 Å². The Bertz CT molecular complexity index is 396. The third kappa shape index (κ3) is 3.89. The third-order valence-electron chi connectivity index (χ3n) is 2.64. The zero-order valence-corrected chi connectivity index (χ0v) is 9.93. The maximum Gasteiger partial charge on any atom is 0.416 e. The molecule has 0 saturated heterocycles. The Balaban J connectivity index is 2.89. The fourth-order valence-electron chi connectivity index (χ4n) is 1.63. The molecule has 4 heteroatoms. The van der Waals surface area contributed by atoms with Crippen molar-refractivity contribution in [2.45, 2.75) is 25.6 Å². The molecule has 1 aromatic carbocycles. The quantitative estimate of drug-likeness (QED) is 0.799. The van der Waals surface area contributed by atoms with Gasteiger partial charge in [-0.1, -0.05) is 30.4 Å². The van der Waals surface area contributed by atoms with Gasteiger partial charge in [-0.2, -0.15) is 13.2 Å². The Kier molecular flexibility index (Phi) is 4.34. The predicted octanol–water partition coefficient (Wildman–Crippen LogP) is 3.41. The minimum absolute atomic E-state index is 0.00140. The molecule has 17 heavy (non-hydrogen) atoms. The summed E-state index contributed by atoms with van der Waals surface area (Å²) in [7, 11) is 1.77. The first-order valence-corrected chi connectivity index (χ1v) is 5.33. The van der Waals surface area contributed by atoms with Crippen molar-refractivity contribution in [2.24, 2.45) is 0 Å². The van der Waals surface area contributed by atoms with Crippen LogP contribution in [-0.4, -0.2) is 13.1 Å². The van der Waals surface area contributed by atoms with Crippen LogP contribution in [0.4, 0.5) is 13.2 Å². The smallest absolute Gasteiger partial charge is 0.313 e. The highest BCUT2D eigenvalue weighted by atomic mass is 19.4. The molecule has 0 aliphatic heterocycles. The average Bonchev–Trinajstić information content (AvgIpc) is 2.24. The van der Waals surface area contributed by atoms with Crippen molar-refractivity contribution in [1.29, 1.82) is 0 Å². The average molecular weight is 243 g/mol. The maximum atomic E-state index is 12.5. The number of likely N-dealkylation sites (N-methyl/N-ethyl adjacent to an activating group) is 1. The van der Waals surface area contributed by atoms with Gasteiger partial charge in [0, 0.05) is 6.04 Å². The van der Waals surface area contributed by atoms with Gasteiger partial charge >= 0.3 is 6.18 Å². The second-order valence-electron chi connectivity index (χ2n) is 4.09. The zero-order valence-electron chi connectivity index (χ0n) is 9.93. The molecule has 0 saturated carbocycles. The summed E-state index contributed by atoms with van der Waals surface area (Å²) in [6.07, 6.45) is -3.77. The van der Waals surface area contributed by atoms with Gasteiger partial charge < -0.3 is 5.32 Å². The van der Waals surface area contributed by atoms with E-state index in [-0.39, 0.29) is 6.04 Å². The number of nitrogens with one attached hydrogen (secondary N) is 1. The number of benzene rings is 1. The van der Waals surface area contributed by atoms with E-state index in [9.17, 15) is 13.2 Å². The van der Waals surface area contributed by atoms with E-state index in [0.29, 0.717) is 12.0 Å². The molecule has 0 fully saturated rings. The van der Waals surface area contributed by atoms with Gasteiger partial charge in [-0.25, -0.2) is 0 Å². The number of hydrogen-bond acceptors (Lipinski definition) is 1. The molecule has 1 unspecified atom stereocenters. The van der Waals surface area contributed by atoms with Crippen LogP contribution >= 0.6 is 0 Å². The Morgan fingerprint density at radius 1 is 1.41 bits per heavy atom. The van der Waals surface area contributed by atoms with Crippen molar-refractivity contribution in [3.8, 4) is 0 Å². The number of hydrogen-bond donors (Lipinski definition) is 1. The highest BCUT2D eigenvalue weighted by molar-refractivity contribution is 5.27. The number of halogens is 3. The van der Waals surface area contributed by atoms with Gasteiger partial charge in [-0.15, -0.1) is 0 Å². The maximum absolute atomic E-state index is 12.5. The highest BCUT2D eigenvalue weighted by Crippen LogP contribution is 2.29. The lowest BCUT2D eigenvalue weighted by molar-refractivity contribution is -0.137. The summed E-state index contributed by atoms with van der Waals surface area (Å²) in [6, 6.07) is 5.40. The molecule has 0 aromatic heterocycles. The summed E-state index contributed by atoms with van der Waals surface area (Å²) < 4.78 is 37.5. The molecule has 0 heterocycles. The molecular weight excluding hydrogens is 227 g/mol. The van der Waals surface area contributed by atoms with Crippen LogP contribution in [0.5, 0.6) is 0 Å². The molecular formula is C13H16F3N. The van der Waals surface area contributed by atoms with Crippen molar-refractivity contribution >= 4 is 0 Å². The van der Waals surface area contributed by atoms with Crippen LogP contribution in [-0.2, 0) is 12.6 Å². The lowest BCUT2D eigenvalue weighted by atomic mass is 9.99. The largest absolute Gasteiger partial charge is 0.416 e. The molecule has 94 valence electrons. The van der Waals surface area contributed by atoms with Gasteiger partial charge in [-0.3, -0.25) is 0 Å². The molecule has 0 aliphatic rings. The summed E-state index contributed by atoms with van der Waals surface area (Å²) in [4.78, 5) is 0. The second kappa shape index (κ2) is 5.36. The molecule has 0 bridgehead atoms. The lowest BCUT2D eigenvalue weighted by Crippen LogP contribution is -2.28. The fraction of sp³-hybridized carbons (Fsp3) is 0.385. The summed E-state index contributed by atoms with van der Waals surface area (Å²) in [5, 5.41) is 3.03. The molecule has 0 radical (unpaired) electrons. The van der Waals surface area contributed by atoms with E-state index < -0.39 is 11.7 Å². The second-order valence-corrected chi connectivity index (χ2v) is 4.09. The molecule has 1 nitrogen and oxygen atoms in total. The van der Waals surface area contributed by atoms with Crippen LogP contribution in [0.15, 0.2) is 36.4 Å². The van der Waals surface area contributed by atoms with Crippen LogP contribution in [0.25, 0.3) is 0 Å². The predicted molar refractivity (Wildman–Crippen MR) is 62.8 cm³/mol. The molecule has 1 rings (SSSR count). The SMILES string of the molecule is C=C(C)C(Cc1cccc(C(F)(F)F)c1)NC. The molecule has 0 spiro atoms. The Morgan fingerprint density at radius 2 is 2.06 bits per heavy atom.